The van der Waals surface area contributed by atoms with Crippen LogP contribution in [0.5, 0.6) is 0 Å². The number of anilines is 2. The van der Waals surface area contributed by atoms with Gasteiger partial charge in [-0.1, -0.05) is 6.42 Å². The summed E-state index contributed by atoms with van der Waals surface area (Å²) in [5.74, 6) is -0.364. The van der Waals surface area contributed by atoms with Gasteiger partial charge < -0.3 is 20.7 Å². The Morgan fingerprint density at radius 1 is 1.43 bits per heavy atom. The largest absolute Gasteiger partial charge is 0.465 e. The van der Waals surface area contributed by atoms with Crippen LogP contribution in [0.1, 0.15) is 28.9 Å². The molecule has 0 unspecified atom stereocenters. The number of rotatable bonds is 6. The third-order valence-corrected chi connectivity index (χ3v) is 5.74. The molecule has 0 aliphatic carbocycles. The zero-order chi connectivity index (χ0) is 15.2. The third-order valence-electron chi connectivity index (χ3n) is 3.64. The number of methoxy groups -OCH3 is 1. The molecule has 1 aliphatic heterocycles. The molecule has 5 nitrogen and oxygen atoms in total. The van der Waals surface area contributed by atoms with Gasteiger partial charge in [0.2, 0.25) is 0 Å². The van der Waals surface area contributed by atoms with Crippen LogP contribution in [0.3, 0.4) is 0 Å². The molecule has 1 aliphatic rings. The molecule has 1 aromatic rings. The van der Waals surface area contributed by atoms with Crippen molar-refractivity contribution >= 4 is 39.8 Å². The number of likely N-dealkylation sites (tertiary alicyclic amines) is 1. The summed E-state index contributed by atoms with van der Waals surface area (Å²) in [6, 6.07) is 0. The minimum Gasteiger partial charge on any atom is -0.465 e. The Morgan fingerprint density at radius 3 is 2.76 bits per heavy atom. The highest BCUT2D eigenvalue weighted by Crippen LogP contribution is 2.41. The van der Waals surface area contributed by atoms with E-state index >= 15 is 0 Å². The number of ether oxygens (including phenoxy) is 1. The highest BCUT2D eigenvalue weighted by Gasteiger charge is 2.21. The zero-order valence-corrected chi connectivity index (χ0v) is 14.2. The molecule has 0 aromatic carbocycles. The van der Waals surface area contributed by atoms with Crippen LogP contribution in [0, 0.1) is 0 Å². The number of carbonyl (C=O) groups excluding carboxylic acids is 1. The van der Waals surface area contributed by atoms with Gasteiger partial charge in [0.15, 0.2) is 0 Å². The number of nitrogens with zero attached hydrogens (tertiary/aromatic N) is 1. The van der Waals surface area contributed by atoms with Gasteiger partial charge >= 0.3 is 5.97 Å². The molecule has 21 heavy (non-hydrogen) atoms. The third kappa shape index (κ3) is 4.05. The number of nitrogen functional groups attached to an aromatic ring is 1. The van der Waals surface area contributed by atoms with Crippen LogP contribution in [-0.2, 0) is 4.74 Å². The van der Waals surface area contributed by atoms with Crippen LogP contribution in [0.2, 0.25) is 0 Å². The van der Waals surface area contributed by atoms with Gasteiger partial charge in [0.1, 0.15) is 9.88 Å². The maximum absolute atomic E-state index is 11.7. The molecule has 1 aromatic heterocycles. The Labute approximate surface area is 134 Å². The van der Waals surface area contributed by atoms with Crippen LogP contribution in [0.25, 0.3) is 0 Å². The molecule has 1 fully saturated rings. The molecule has 0 bridgehead atoms. The molecule has 118 valence electrons. The molecule has 0 amide bonds. The first-order valence-corrected chi connectivity index (χ1v) is 9.22. The van der Waals surface area contributed by atoms with Gasteiger partial charge in [0.25, 0.3) is 0 Å². The lowest BCUT2D eigenvalue weighted by atomic mass is 10.1. The first kappa shape index (κ1) is 16.5. The molecular formula is C14H23N3O2S2. The molecule has 0 atom stereocenters. The Kier molecular flexibility index (Phi) is 6.20. The van der Waals surface area contributed by atoms with Crippen molar-refractivity contribution in [3.63, 3.8) is 0 Å². The van der Waals surface area contributed by atoms with E-state index in [-0.39, 0.29) is 5.97 Å². The summed E-state index contributed by atoms with van der Waals surface area (Å²) in [7, 11) is 1.38. The van der Waals surface area contributed by atoms with E-state index in [1.807, 2.05) is 6.26 Å². The zero-order valence-electron chi connectivity index (χ0n) is 12.6. The number of piperidine rings is 1. The Morgan fingerprint density at radius 2 is 2.14 bits per heavy atom. The Hall–Kier alpha value is -0.920. The van der Waals surface area contributed by atoms with Gasteiger partial charge in [-0.2, -0.15) is 0 Å². The van der Waals surface area contributed by atoms with Crippen molar-refractivity contribution in [3.8, 4) is 0 Å². The lowest BCUT2D eigenvalue weighted by molar-refractivity contribution is 0.0607. The summed E-state index contributed by atoms with van der Waals surface area (Å²) in [6.07, 6.45) is 5.92. The lowest BCUT2D eigenvalue weighted by Crippen LogP contribution is -2.33. The first-order chi connectivity index (χ1) is 10.2. The number of nitrogens with one attached hydrogen (secondary N) is 1. The van der Waals surface area contributed by atoms with Crippen molar-refractivity contribution in [2.75, 3.05) is 50.6 Å². The number of hydrogen-bond acceptors (Lipinski definition) is 7. The predicted molar refractivity (Wildman–Crippen MR) is 90.6 cm³/mol. The SMILES string of the molecule is COC(=O)c1sc(NCCN2CCCCC2)c(SC)c1N. The quantitative estimate of drug-likeness (QED) is 0.618. The molecule has 0 radical (unpaired) electrons. The van der Waals surface area contributed by atoms with Gasteiger partial charge in [-0.15, -0.1) is 23.1 Å². The van der Waals surface area contributed by atoms with E-state index in [1.54, 1.807) is 11.8 Å². The average Bonchev–Trinajstić information content (AvgIpc) is 2.83. The normalized spacial score (nSPS) is 15.9. The predicted octanol–water partition coefficient (Wildman–Crippen LogP) is 2.74. The fourth-order valence-electron chi connectivity index (χ4n) is 2.50. The fraction of sp³-hybridized carbons (Fsp3) is 0.643. The van der Waals surface area contributed by atoms with Gasteiger partial charge in [-0.25, -0.2) is 4.79 Å². The van der Waals surface area contributed by atoms with Gasteiger partial charge in [0, 0.05) is 13.1 Å². The minimum atomic E-state index is -0.364. The maximum atomic E-state index is 11.7. The topological polar surface area (TPSA) is 67.6 Å². The minimum absolute atomic E-state index is 0.364. The van der Waals surface area contributed by atoms with E-state index < -0.39 is 0 Å². The van der Waals surface area contributed by atoms with Crippen molar-refractivity contribution in [1.82, 2.24) is 4.90 Å². The molecular weight excluding hydrogens is 306 g/mol. The van der Waals surface area contributed by atoms with Crippen molar-refractivity contribution in [2.45, 2.75) is 24.2 Å². The van der Waals surface area contributed by atoms with Crippen molar-refractivity contribution in [2.24, 2.45) is 0 Å². The summed E-state index contributed by atoms with van der Waals surface area (Å²) >= 11 is 2.94. The van der Waals surface area contributed by atoms with Gasteiger partial charge in [0.05, 0.1) is 17.7 Å². The number of thioether (sulfide) groups is 1. The summed E-state index contributed by atoms with van der Waals surface area (Å²) < 4.78 is 4.78. The maximum Gasteiger partial charge on any atom is 0.350 e. The van der Waals surface area contributed by atoms with Crippen LogP contribution >= 0.6 is 23.1 Å². The van der Waals surface area contributed by atoms with E-state index in [0.29, 0.717) is 10.6 Å². The van der Waals surface area contributed by atoms with E-state index in [9.17, 15) is 4.79 Å². The van der Waals surface area contributed by atoms with Crippen molar-refractivity contribution in [3.05, 3.63) is 4.88 Å². The number of thiophene rings is 1. The van der Waals surface area contributed by atoms with Crippen LogP contribution in [0.15, 0.2) is 4.90 Å². The molecule has 2 rings (SSSR count). The van der Waals surface area contributed by atoms with Crippen LogP contribution in [-0.4, -0.2) is 50.4 Å². The van der Waals surface area contributed by atoms with Gasteiger partial charge in [-0.3, -0.25) is 0 Å². The van der Waals surface area contributed by atoms with Crippen LogP contribution in [0.4, 0.5) is 10.7 Å². The Bertz CT molecular complexity index is 485. The number of esters is 1. The summed E-state index contributed by atoms with van der Waals surface area (Å²) in [6.45, 7) is 4.28. The molecule has 0 saturated carbocycles. The highest BCUT2D eigenvalue weighted by atomic mass is 32.2. The van der Waals surface area contributed by atoms with E-state index in [2.05, 4.69) is 10.2 Å². The molecule has 1 saturated heterocycles. The standard InChI is InChI=1S/C14H23N3O2S2/c1-19-14(18)12-10(15)11(20-2)13(21-12)16-6-9-17-7-4-3-5-8-17/h16H,3-9,15H2,1-2H3. The smallest absolute Gasteiger partial charge is 0.350 e. The van der Waals surface area contributed by atoms with Crippen molar-refractivity contribution in [1.29, 1.82) is 0 Å². The molecule has 3 N–H and O–H groups in total. The Balaban J connectivity index is 1.97. The summed E-state index contributed by atoms with van der Waals surface area (Å²) in [5, 5.41) is 4.39. The number of carbonyl (C=O) groups is 1. The van der Waals surface area contributed by atoms with E-state index in [0.717, 1.165) is 23.0 Å². The second-order valence-electron chi connectivity index (χ2n) is 5.03. The van der Waals surface area contributed by atoms with E-state index in [4.69, 9.17) is 10.5 Å². The number of nitrogens with two attached hydrogens (primary N) is 1. The monoisotopic (exact) mass is 329 g/mol. The molecule has 2 heterocycles. The second-order valence-corrected chi connectivity index (χ2v) is 6.87. The second kappa shape index (κ2) is 7.91. The first-order valence-electron chi connectivity index (χ1n) is 7.18. The summed E-state index contributed by atoms with van der Waals surface area (Å²) in [4.78, 5) is 15.6. The van der Waals surface area contributed by atoms with Crippen molar-refractivity contribution < 1.29 is 9.53 Å². The summed E-state index contributed by atoms with van der Waals surface area (Å²) in [5.41, 5.74) is 6.57. The fourth-order valence-corrected chi connectivity index (χ4v) is 4.48. The number of hydrogen-bond donors (Lipinski definition) is 2. The average molecular weight is 329 g/mol. The highest BCUT2D eigenvalue weighted by molar-refractivity contribution is 7.99. The molecule has 7 heteroatoms. The van der Waals surface area contributed by atoms with Crippen LogP contribution < -0.4 is 11.1 Å². The lowest BCUT2D eigenvalue weighted by Gasteiger charge is -2.26. The van der Waals surface area contributed by atoms with E-state index in [1.165, 1.54) is 50.8 Å². The molecule has 0 spiro atoms. The van der Waals surface area contributed by atoms with Gasteiger partial charge in [-0.05, 0) is 32.2 Å².